The molecule has 0 radical (unpaired) electrons. The van der Waals surface area contributed by atoms with Crippen molar-refractivity contribution in [2.24, 2.45) is 0 Å². The molecule has 10 rings (SSSR count). The zero-order valence-electron chi connectivity index (χ0n) is 26.7. The minimum Gasteiger partial charge on any atom is -0.455 e. The van der Waals surface area contributed by atoms with E-state index in [1.54, 1.807) is 0 Å². The van der Waals surface area contributed by atoms with E-state index in [1.165, 1.54) is 0 Å². The third kappa shape index (κ3) is 4.52. The maximum atomic E-state index is 6.76. The van der Waals surface area contributed by atoms with Crippen molar-refractivity contribution >= 4 is 43.9 Å². The van der Waals surface area contributed by atoms with E-state index in [4.69, 9.17) is 23.8 Å². The van der Waals surface area contributed by atoms with Crippen LogP contribution in [-0.2, 0) is 0 Å². The quantitative estimate of drug-likeness (QED) is 0.187. The Morgan fingerprint density at radius 1 is 0.260 bits per heavy atom. The summed E-state index contributed by atoms with van der Waals surface area (Å²) in [7, 11) is 0. The lowest BCUT2D eigenvalue weighted by atomic mass is 10.0. The van der Waals surface area contributed by atoms with Gasteiger partial charge < -0.3 is 8.83 Å². The van der Waals surface area contributed by atoms with Crippen molar-refractivity contribution in [3.63, 3.8) is 0 Å². The Balaban J connectivity index is 1.22. The fourth-order valence-electron chi connectivity index (χ4n) is 7.02. The summed E-state index contributed by atoms with van der Waals surface area (Å²) in [5.41, 5.74) is 9.89. The first-order chi connectivity index (χ1) is 24.8. The number of benzene rings is 7. The van der Waals surface area contributed by atoms with Crippen LogP contribution in [0.15, 0.2) is 173 Å². The molecule has 0 aliphatic carbocycles. The van der Waals surface area contributed by atoms with E-state index in [0.717, 1.165) is 82.8 Å². The summed E-state index contributed by atoms with van der Waals surface area (Å²) < 4.78 is 13.5. The van der Waals surface area contributed by atoms with Gasteiger partial charge in [-0.2, -0.15) is 0 Å². The van der Waals surface area contributed by atoms with Crippen LogP contribution in [-0.4, -0.2) is 15.0 Å². The maximum Gasteiger partial charge on any atom is 0.167 e. The molecule has 0 aliphatic heterocycles. The molecule has 0 bridgehead atoms. The van der Waals surface area contributed by atoms with E-state index in [0.29, 0.717) is 17.5 Å². The Bertz CT molecular complexity index is 2680. The molecule has 0 aliphatic rings. The van der Waals surface area contributed by atoms with Crippen LogP contribution in [0.5, 0.6) is 0 Å². The predicted octanol–water partition coefficient (Wildman–Crippen LogP) is 12.0. The number of rotatable bonds is 5. The number of hydrogen-bond donors (Lipinski definition) is 0. The topological polar surface area (TPSA) is 65.0 Å². The highest BCUT2D eigenvalue weighted by atomic mass is 16.3. The van der Waals surface area contributed by atoms with Gasteiger partial charge in [0.05, 0.1) is 11.1 Å². The van der Waals surface area contributed by atoms with Crippen molar-refractivity contribution in [2.75, 3.05) is 0 Å². The van der Waals surface area contributed by atoms with E-state index in [9.17, 15) is 0 Å². The molecule has 0 atom stereocenters. The van der Waals surface area contributed by atoms with Gasteiger partial charge in [-0.15, -0.1) is 0 Å². The van der Waals surface area contributed by atoms with Crippen LogP contribution in [0.2, 0.25) is 0 Å². The molecular formula is C45H27N3O2. The summed E-state index contributed by atoms with van der Waals surface area (Å²) in [6.45, 7) is 0. The minimum atomic E-state index is 0.526. The SMILES string of the molecule is c1ccc(-c2nc(-c3cccc4c3oc3c(-c5ccccc5)cccc34)nc(-c3cccc4c3oc3c(-c5ccccc5)cccc34)n2)cc1. The first-order valence-electron chi connectivity index (χ1n) is 16.6. The van der Waals surface area contributed by atoms with Crippen molar-refractivity contribution in [3.8, 4) is 56.4 Å². The predicted molar refractivity (Wildman–Crippen MR) is 202 cm³/mol. The van der Waals surface area contributed by atoms with Crippen molar-refractivity contribution in [3.05, 3.63) is 164 Å². The van der Waals surface area contributed by atoms with Gasteiger partial charge in [0.2, 0.25) is 0 Å². The monoisotopic (exact) mass is 641 g/mol. The third-order valence-electron chi connectivity index (χ3n) is 9.37. The number of furan rings is 2. The zero-order chi connectivity index (χ0) is 33.0. The van der Waals surface area contributed by atoms with E-state index in [-0.39, 0.29) is 0 Å². The summed E-state index contributed by atoms with van der Waals surface area (Å²) >= 11 is 0. The van der Waals surface area contributed by atoms with E-state index < -0.39 is 0 Å². The summed E-state index contributed by atoms with van der Waals surface area (Å²) in [5, 5.41) is 4.10. The Hall–Kier alpha value is -6.85. The number of fused-ring (bicyclic) bond motifs is 6. The second-order valence-corrected chi connectivity index (χ2v) is 12.3. The second kappa shape index (κ2) is 11.4. The highest BCUT2D eigenvalue weighted by molar-refractivity contribution is 6.14. The molecule has 0 amide bonds. The molecule has 5 nitrogen and oxygen atoms in total. The summed E-state index contributed by atoms with van der Waals surface area (Å²) in [5.74, 6) is 1.62. The Morgan fingerprint density at radius 2 is 0.580 bits per heavy atom. The van der Waals surface area contributed by atoms with Crippen molar-refractivity contribution in [1.82, 2.24) is 15.0 Å². The maximum absolute atomic E-state index is 6.76. The fourth-order valence-corrected chi connectivity index (χ4v) is 7.02. The van der Waals surface area contributed by atoms with Gasteiger partial charge in [0.15, 0.2) is 17.5 Å². The third-order valence-corrected chi connectivity index (χ3v) is 9.37. The standard InChI is InChI=1S/C45H27N3O2/c1-4-14-28(15-5-1)31-20-10-22-33-35-24-12-26-37(41(35)49-39(31)33)44-46-43(30-18-8-3-9-19-30)47-45(48-44)38-27-13-25-36-34-23-11-21-32(40(34)50-42(36)38)29-16-6-2-7-17-29/h1-27H. The van der Waals surface area contributed by atoms with E-state index >= 15 is 0 Å². The van der Waals surface area contributed by atoms with Crippen LogP contribution < -0.4 is 0 Å². The Labute approximate surface area is 287 Å². The van der Waals surface area contributed by atoms with Crippen molar-refractivity contribution in [1.29, 1.82) is 0 Å². The van der Waals surface area contributed by atoms with Crippen LogP contribution in [0.4, 0.5) is 0 Å². The lowest BCUT2D eigenvalue weighted by Crippen LogP contribution is -2.00. The van der Waals surface area contributed by atoms with E-state index in [1.807, 2.05) is 91.0 Å². The highest BCUT2D eigenvalue weighted by Gasteiger charge is 2.22. The number of hydrogen-bond acceptors (Lipinski definition) is 5. The molecule has 5 heteroatoms. The second-order valence-electron chi connectivity index (χ2n) is 12.3. The first kappa shape index (κ1) is 28.2. The molecule has 3 heterocycles. The largest absolute Gasteiger partial charge is 0.455 e. The first-order valence-corrected chi connectivity index (χ1v) is 16.6. The van der Waals surface area contributed by atoms with Gasteiger partial charge in [-0.1, -0.05) is 152 Å². The Morgan fingerprint density at radius 3 is 0.980 bits per heavy atom. The molecule has 0 saturated heterocycles. The van der Waals surface area contributed by atoms with Crippen LogP contribution in [0.25, 0.3) is 100 Å². The minimum absolute atomic E-state index is 0.526. The molecule has 10 aromatic rings. The van der Waals surface area contributed by atoms with Crippen LogP contribution in [0.3, 0.4) is 0 Å². The lowest BCUT2D eigenvalue weighted by molar-refractivity contribution is 0.670. The van der Waals surface area contributed by atoms with Crippen LogP contribution >= 0.6 is 0 Å². The number of nitrogens with zero attached hydrogens (tertiary/aromatic N) is 3. The average molecular weight is 642 g/mol. The van der Waals surface area contributed by atoms with Gasteiger partial charge in [0, 0.05) is 38.2 Å². The lowest BCUT2D eigenvalue weighted by Gasteiger charge is -2.09. The summed E-state index contributed by atoms with van der Waals surface area (Å²) in [4.78, 5) is 15.3. The van der Waals surface area contributed by atoms with Gasteiger partial charge in [-0.25, -0.2) is 15.0 Å². The van der Waals surface area contributed by atoms with Crippen molar-refractivity contribution < 1.29 is 8.83 Å². The van der Waals surface area contributed by atoms with Gasteiger partial charge >= 0.3 is 0 Å². The Kier molecular flexibility index (Phi) is 6.42. The summed E-state index contributed by atoms with van der Waals surface area (Å²) in [6, 6.07) is 55.6. The molecule has 7 aromatic carbocycles. The molecule has 0 saturated carbocycles. The highest BCUT2D eigenvalue weighted by Crippen LogP contribution is 2.42. The summed E-state index contributed by atoms with van der Waals surface area (Å²) in [6.07, 6.45) is 0. The molecule has 0 fully saturated rings. The zero-order valence-corrected chi connectivity index (χ0v) is 26.7. The number of aromatic nitrogens is 3. The molecular weight excluding hydrogens is 615 g/mol. The molecule has 234 valence electrons. The van der Waals surface area contributed by atoms with Crippen LogP contribution in [0.1, 0.15) is 0 Å². The van der Waals surface area contributed by atoms with Gasteiger partial charge in [0.25, 0.3) is 0 Å². The van der Waals surface area contributed by atoms with E-state index in [2.05, 4.69) is 72.8 Å². The van der Waals surface area contributed by atoms with Crippen molar-refractivity contribution in [2.45, 2.75) is 0 Å². The molecule has 0 spiro atoms. The fraction of sp³-hybridized carbons (Fsp3) is 0. The molecule has 50 heavy (non-hydrogen) atoms. The normalized spacial score (nSPS) is 11.6. The van der Waals surface area contributed by atoms with Gasteiger partial charge in [0.1, 0.15) is 22.3 Å². The van der Waals surface area contributed by atoms with Gasteiger partial charge in [-0.3, -0.25) is 0 Å². The van der Waals surface area contributed by atoms with Crippen LogP contribution in [0, 0.1) is 0 Å². The smallest absolute Gasteiger partial charge is 0.167 e. The molecule has 0 N–H and O–H groups in total. The molecule has 0 unspecified atom stereocenters. The number of para-hydroxylation sites is 4. The van der Waals surface area contributed by atoms with Gasteiger partial charge in [-0.05, 0) is 23.3 Å². The average Bonchev–Trinajstić information content (AvgIpc) is 3.78. The molecule has 3 aromatic heterocycles.